The first-order valence-corrected chi connectivity index (χ1v) is 6.69. The van der Waals surface area contributed by atoms with E-state index in [2.05, 4.69) is 5.32 Å². The predicted octanol–water partition coefficient (Wildman–Crippen LogP) is -0.588. The molecular formula is C11H17BF3KN2O2. The molecule has 0 bridgehead atoms. The second-order valence-electron chi connectivity index (χ2n) is 5.41. The molecule has 20 heavy (non-hydrogen) atoms. The van der Waals surface area contributed by atoms with Crippen LogP contribution in [0.15, 0.2) is 0 Å². The van der Waals surface area contributed by atoms with Crippen LogP contribution < -0.4 is 56.7 Å². The van der Waals surface area contributed by atoms with Crippen molar-refractivity contribution in [2.75, 3.05) is 6.44 Å². The molecule has 0 unspecified atom stereocenters. The molecule has 108 valence electrons. The third-order valence-corrected chi connectivity index (χ3v) is 3.84. The zero-order valence-electron chi connectivity index (χ0n) is 11.6. The van der Waals surface area contributed by atoms with Gasteiger partial charge in [0.15, 0.2) is 0 Å². The number of imide groups is 1. The molecule has 0 atom stereocenters. The second-order valence-corrected chi connectivity index (χ2v) is 5.41. The van der Waals surface area contributed by atoms with Gasteiger partial charge in [-0.05, 0) is 12.8 Å². The summed E-state index contributed by atoms with van der Waals surface area (Å²) in [5.74, 6) is -0.696. The van der Waals surface area contributed by atoms with E-state index in [4.69, 9.17) is 0 Å². The van der Waals surface area contributed by atoms with Crippen molar-refractivity contribution < 1.29 is 73.9 Å². The third-order valence-electron chi connectivity index (χ3n) is 3.84. The van der Waals surface area contributed by atoms with E-state index in [0.717, 1.165) is 32.1 Å². The van der Waals surface area contributed by atoms with Gasteiger partial charge in [-0.1, -0.05) is 32.1 Å². The number of nitrogens with one attached hydrogen (secondary N) is 1. The monoisotopic (exact) mass is 316 g/mol. The van der Waals surface area contributed by atoms with Crippen LogP contribution in [0.25, 0.3) is 0 Å². The number of amides is 3. The van der Waals surface area contributed by atoms with E-state index in [9.17, 15) is 22.5 Å². The van der Waals surface area contributed by atoms with Gasteiger partial charge in [0.1, 0.15) is 5.54 Å². The standard InChI is InChI=1S/C11H17BF3N2O2.K/c13-12(14,15)8-17-9(18)11(16-10(17)19)6-4-2-1-3-5-7-11;/h1-8H2,(H,16,19);/q-1;+1. The minimum atomic E-state index is -5.19. The van der Waals surface area contributed by atoms with Gasteiger partial charge in [0.05, 0.1) is 0 Å². The quantitative estimate of drug-likeness (QED) is 0.547. The Kier molecular flexibility index (Phi) is 6.59. The molecule has 1 saturated heterocycles. The Morgan fingerprint density at radius 3 is 2.05 bits per heavy atom. The van der Waals surface area contributed by atoms with Gasteiger partial charge in [-0.15, -0.1) is 0 Å². The molecule has 0 aromatic heterocycles. The molecular weight excluding hydrogens is 299 g/mol. The minimum absolute atomic E-state index is 0. The summed E-state index contributed by atoms with van der Waals surface area (Å²) in [4.78, 5) is 24.2. The summed E-state index contributed by atoms with van der Waals surface area (Å²) in [6.07, 6.45) is 3.95. The van der Waals surface area contributed by atoms with Gasteiger partial charge in [0, 0.05) is 6.44 Å². The van der Waals surface area contributed by atoms with Crippen LogP contribution >= 0.6 is 0 Å². The van der Waals surface area contributed by atoms with Crippen LogP contribution in [0.3, 0.4) is 0 Å². The van der Waals surface area contributed by atoms with Gasteiger partial charge in [0.25, 0.3) is 5.91 Å². The SMILES string of the molecule is O=C1NC2(CCCCCCC2)C(=O)N1C[B-](F)(F)F.[K+]. The van der Waals surface area contributed by atoms with Crippen LogP contribution in [0.1, 0.15) is 44.9 Å². The topological polar surface area (TPSA) is 49.4 Å². The van der Waals surface area contributed by atoms with E-state index in [1.165, 1.54) is 0 Å². The number of nitrogens with zero attached hydrogens (tertiary/aromatic N) is 1. The zero-order chi connectivity index (χ0) is 14.1. The fourth-order valence-corrected chi connectivity index (χ4v) is 2.90. The number of hydrogen-bond acceptors (Lipinski definition) is 2. The van der Waals surface area contributed by atoms with E-state index in [1.54, 1.807) is 0 Å². The number of urea groups is 1. The normalized spacial score (nSPS) is 23.1. The Morgan fingerprint density at radius 2 is 1.55 bits per heavy atom. The number of carbonyl (C=O) groups is 2. The summed E-state index contributed by atoms with van der Waals surface area (Å²) in [5.41, 5.74) is -1.08. The first-order valence-electron chi connectivity index (χ1n) is 6.69. The maximum atomic E-state index is 12.4. The first kappa shape index (κ1) is 18.5. The second kappa shape index (κ2) is 7.13. The molecule has 4 nitrogen and oxygen atoms in total. The number of halogens is 3. The van der Waals surface area contributed by atoms with Crippen LogP contribution in [0.5, 0.6) is 0 Å². The molecule has 9 heteroatoms. The third kappa shape index (κ3) is 4.22. The minimum Gasteiger partial charge on any atom is -0.448 e. The molecule has 1 N–H and O–H groups in total. The van der Waals surface area contributed by atoms with Crippen molar-refractivity contribution >= 4 is 18.9 Å². The summed E-state index contributed by atoms with van der Waals surface area (Å²) in [7, 11) is 0. The predicted molar refractivity (Wildman–Crippen MR) is 64.4 cm³/mol. The zero-order valence-corrected chi connectivity index (χ0v) is 14.8. The largest absolute Gasteiger partial charge is 1.00 e. The molecule has 1 saturated carbocycles. The van der Waals surface area contributed by atoms with Gasteiger partial charge in [0.2, 0.25) is 0 Å². The molecule has 2 aliphatic rings. The van der Waals surface area contributed by atoms with Crippen molar-refractivity contribution in [3.63, 3.8) is 0 Å². The maximum Gasteiger partial charge on any atom is 1.00 e. The van der Waals surface area contributed by atoms with Crippen molar-refractivity contribution in [1.29, 1.82) is 0 Å². The molecule has 1 heterocycles. The fourth-order valence-electron chi connectivity index (χ4n) is 2.90. The first-order chi connectivity index (χ1) is 8.84. The van der Waals surface area contributed by atoms with Crippen LogP contribution in [-0.2, 0) is 4.79 Å². The van der Waals surface area contributed by atoms with Gasteiger partial charge in [-0.3, -0.25) is 9.69 Å². The number of carbonyl (C=O) groups excluding carboxylic acids is 2. The van der Waals surface area contributed by atoms with Crippen LogP contribution in [-0.4, -0.2) is 35.8 Å². The van der Waals surface area contributed by atoms with Crippen LogP contribution in [0, 0.1) is 0 Å². The molecule has 0 aromatic rings. The van der Waals surface area contributed by atoms with Gasteiger partial charge in [-0.2, -0.15) is 0 Å². The van der Waals surface area contributed by atoms with Crippen molar-refractivity contribution in [2.24, 2.45) is 0 Å². The maximum absolute atomic E-state index is 12.4. The number of hydrogen-bond donors (Lipinski definition) is 1. The Balaban J connectivity index is 0.00000200. The van der Waals surface area contributed by atoms with Crippen molar-refractivity contribution in [3.8, 4) is 0 Å². The van der Waals surface area contributed by atoms with Gasteiger partial charge >= 0.3 is 64.4 Å². The average Bonchev–Trinajstić information content (AvgIpc) is 2.48. The molecule has 1 aliphatic carbocycles. The summed E-state index contributed by atoms with van der Waals surface area (Å²) in [6, 6.07) is -0.898. The van der Waals surface area contributed by atoms with E-state index < -0.39 is 30.9 Å². The summed E-state index contributed by atoms with van der Waals surface area (Å²) < 4.78 is 37.3. The molecule has 1 spiro atoms. The Labute approximate surface area is 158 Å². The molecule has 3 amide bonds. The fraction of sp³-hybridized carbons (Fsp3) is 0.818. The van der Waals surface area contributed by atoms with Crippen molar-refractivity contribution in [3.05, 3.63) is 0 Å². The van der Waals surface area contributed by atoms with E-state index in [0.29, 0.717) is 17.7 Å². The molecule has 0 radical (unpaired) electrons. The van der Waals surface area contributed by atoms with Crippen molar-refractivity contribution in [2.45, 2.75) is 50.5 Å². The summed E-state index contributed by atoms with van der Waals surface area (Å²) >= 11 is 0. The molecule has 2 rings (SSSR count). The smallest absolute Gasteiger partial charge is 0.448 e. The average molecular weight is 316 g/mol. The van der Waals surface area contributed by atoms with Crippen molar-refractivity contribution in [1.82, 2.24) is 10.2 Å². The van der Waals surface area contributed by atoms with Gasteiger partial charge < -0.3 is 18.3 Å². The van der Waals surface area contributed by atoms with Crippen LogP contribution in [0.4, 0.5) is 17.7 Å². The Morgan fingerprint density at radius 1 is 1.05 bits per heavy atom. The van der Waals surface area contributed by atoms with E-state index in [1.807, 2.05) is 0 Å². The summed E-state index contributed by atoms with van der Waals surface area (Å²) in [5, 5.41) is 2.51. The van der Waals surface area contributed by atoms with E-state index >= 15 is 0 Å². The van der Waals surface area contributed by atoms with E-state index in [-0.39, 0.29) is 51.4 Å². The number of rotatable bonds is 2. The molecule has 1 aliphatic heterocycles. The van der Waals surface area contributed by atoms with Gasteiger partial charge in [-0.25, -0.2) is 4.79 Å². The molecule has 2 fully saturated rings. The van der Waals surface area contributed by atoms with Crippen LogP contribution in [0.2, 0.25) is 0 Å². The Bertz CT molecular complexity index is 384. The molecule has 0 aromatic carbocycles. The summed E-state index contributed by atoms with van der Waals surface area (Å²) in [6.45, 7) is -5.19. The Hall–Kier alpha value is 0.431.